The molecule has 2 rings (SSSR count). The summed E-state index contributed by atoms with van der Waals surface area (Å²) in [6, 6.07) is 0. The van der Waals surface area contributed by atoms with Gasteiger partial charge in [0.25, 0.3) is 0 Å². The van der Waals surface area contributed by atoms with Crippen LogP contribution in [0.4, 0.5) is 0 Å². The zero-order valence-electron chi connectivity index (χ0n) is 10.7. The third kappa shape index (κ3) is 2.55. The number of hydrogen-bond acceptors (Lipinski definition) is 2. The third-order valence-corrected chi connectivity index (χ3v) is 3.91. The summed E-state index contributed by atoms with van der Waals surface area (Å²) in [6.07, 6.45) is 8.53. The SMILES string of the molecule is CCN(CCOC)CC1=CC2CC2(C)C=C1. The minimum absolute atomic E-state index is 0.507. The first-order chi connectivity index (χ1) is 7.68. The molecule has 0 saturated heterocycles. The molecule has 2 atom stereocenters. The lowest BCUT2D eigenvalue weighted by Crippen LogP contribution is -2.29. The van der Waals surface area contributed by atoms with Crippen LogP contribution in [-0.2, 0) is 4.74 Å². The van der Waals surface area contributed by atoms with Crippen LogP contribution >= 0.6 is 0 Å². The molecule has 0 N–H and O–H groups in total. The topological polar surface area (TPSA) is 12.5 Å². The molecule has 0 aromatic carbocycles. The van der Waals surface area contributed by atoms with Crippen LogP contribution in [0, 0.1) is 11.3 Å². The van der Waals surface area contributed by atoms with Crippen LogP contribution in [0.1, 0.15) is 20.3 Å². The molecule has 2 nitrogen and oxygen atoms in total. The van der Waals surface area contributed by atoms with Crippen molar-refractivity contribution in [2.24, 2.45) is 11.3 Å². The van der Waals surface area contributed by atoms with Crippen molar-refractivity contribution in [1.29, 1.82) is 0 Å². The van der Waals surface area contributed by atoms with Crippen molar-refractivity contribution in [2.45, 2.75) is 20.3 Å². The van der Waals surface area contributed by atoms with E-state index in [2.05, 4.69) is 37.0 Å². The Labute approximate surface area is 99.0 Å². The van der Waals surface area contributed by atoms with Gasteiger partial charge in [0.05, 0.1) is 6.61 Å². The van der Waals surface area contributed by atoms with Crippen molar-refractivity contribution < 1.29 is 4.74 Å². The van der Waals surface area contributed by atoms with E-state index in [0.29, 0.717) is 5.41 Å². The van der Waals surface area contributed by atoms with E-state index in [9.17, 15) is 0 Å². The molecule has 0 spiro atoms. The number of fused-ring (bicyclic) bond motifs is 1. The second-order valence-corrected chi connectivity index (χ2v) is 5.25. The Morgan fingerprint density at radius 1 is 1.56 bits per heavy atom. The first-order valence-electron chi connectivity index (χ1n) is 6.29. The van der Waals surface area contributed by atoms with Crippen LogP contribution in [-0.4, -0.2) is 38.3 Å². The smallest absolute Gasteiger partial charge is 0.0589 e. The van der Waals surface area contributed by atoms with Crippen LogP contribution in [0.5, 0.6) is 0 Å². The van der Waals surface area contributed by atoms with Gasteiger partial charge in [-0.05, 0) is 29.9 Å². The first kappa shape index (κ1) is 11.9. The van der Waals surface area contributed by atoms with Gasteiger partial charge in [-0.25, -0.2) is 0 Å². The fourth-order valence-electron chi connectivity index (χ4n) is 2.40. The Morgan fingerprint density at radius 3 is 3.00 bits per heavy atom. The van der Waals surface area contributed by atoms with Gasteiger partial charge >= 0.3 is 0 Å². The van der Waals surface area contributed by atoms with Crippen molar-refractivity contribution in [3.8, 4) is 0 Å². The molecule has 0 aliphatic heterocycles. The summed E-state index contributed by atoms with van der Waals surface area (Å²) in [5.74, 6) is 0.814. The van der Waals surface area contributed by atoms with E-state index in [-0.39, 0.29) is 0 Å². The number of methoxy groups -OCH3 is 1. The predicted octanol–water partition coefficient (Wildman–Crippen LogP) is 2.48. The maximum Gasteiger partial charge on any atom is 0.0589 e. The summed E-state index contributed by atoms with van der Waals surface area (Å²) in [4.78, 5) is 2.44. The molecule has 0 aromatic rings. The highest BCUT2D eigenvalue weighted by Crippen LogP contribution is 2.56. The van der Waals surface area contributed by atoms with Gasteiger partial charge < -0.3 is 4.74 Å². The van der Waals surface area contributed by atoms with E-state index in [1.807, 2.05) is 0 Å². The second-order valence-electron chi connectivity index (χ2n) is 5.25. The normalized spacial score (nSPS) is 31.5. The van der Waals surface area contributed by atoms with Crippen LogP contribution in [0.25, 0.3) is 0 Å². The molecule has 0 radical (unpaired) electrons. The summed E-state index contributed by atoms with van der Waals surface area (Å²) < 4.78 is 5.13. The van der Waals surface area contributed by atoms with E-state index in [0.717, 1.165) is 32.2 Å². The van der Waals surface area contributed by atoms with Crippen molar-refractivity contribution in [1.82, 2.24) is 4.90 Å². The van der Waals surface area contributed by atoms with E-state index >= 15 is 0 Å². The fraction of sp³-hybridized carbons (Fsp3) is 0.714. The first-order valence-corrected chi connectivity index (χ1v) is 6.29. The van der Waals surface area contributed by atoms with Crippen LogP contribution in [0.15, 0.2) is 23.8 Å². The molecule has 0 amide bonds. The number of rotatable bonds is 6. The standard InChI is InChI=1S/C14H23NO/c1-4-15(7-8-16-3)11-12-5-6-14(2)10-13(14)9-12/h5-6,9,13H,4,7-8,10-11H2,1-3H3. The van der Waals surface area contributed by atoms with Gasteiger partial charge in [0.2, 0.25) is 0 Å². The highest BCUT2D eigenvalue weighted by molar-refractivity contribution is 5.35. The Morgan fingerprint density at radius 2 is 2.38 bits per heavy atom. The summed E-state index contributed by atoms with van der Waals surface area (Å²) in [5, 5.41) is 0. The number of allylic oxidation sites excluding steroid dienone is 2. The van der Waals surface area contributed by atoms with E-state index < -0.39 is 0 Å². The molecule has 2 aliphatic carbocycles. The average molecular weight is 221 g/mol. The molecule has 1 saturated carbocycles. The van der Waals surface area contributed by atoms with Crippen molar-refractivity contribution >= 4 is 0 Å². The molecule has 2 unspecified atom stereocenters. The van der Waals surface area contributed by atoms with Crippen LogP contribution in [0.2, 0.25) is 0 Å². The molecule has 0 heterocycles. The van der Waals surface area contributed by atoms with Crippen LogP contribution in [0.3, 0.4) is 0 Å². The van der Waals surface area contributed by atoms with Gasteiger partial charge in [0, 0.05) is 20.2 Å². The lowest BCUT2D eigenvalue weighted by Gasteiger charge is -2.22. The molecular formula is C14H23NO. The Bertz CT molecular complexity index is 308. The lowest BCUT2D eigenvalue weighted by molar-refractivity contribution is 0.156. The summed E-state index contributed by atoms with van der Waals surface area (Å²) >= 11 is 0. The molecule has 2 heteroatoms. The lowest BCUT2D eigenvalue weighted by atomic mass is 9.98. The Balaban J connectivity index is 1.85. The molecule has 90 valence electrons. The van der Waals surface area contributed by atoms with Crippen LogP contribution < -0.4 is 0 Å². The molecule has 1 fully saturated rings. The van der Waals surface area contributed by atoms with E-state index in [1.54, 1.807) is 7.11 Å². The van der Waals surface area contributed by atoms with E-state index in [4.69, 9.17) is 4.74 Å². The minimum atomic E-state index is 0.507. The van der Waals surface area contributed by atoms with E-state index in [1.165, 1.54) is 12.0 Å². The summed E-state index contributed by atoms with van der Waals surface area (Å²) in [7, 11) is 1.77. The fourth-order valence-corrected chi connectivity index (χ4v) is 2.40. The van der Waals surface area contributed by atoms with Crippen molar-refractivity contribution in [3.05, 3.63) is 23.8 Å². The number of nitrogens with zero attached hydrogens (tertiary/aromatic N) is 1. The van der Waals surface area contributed by atoms with Gasteiger partial charge in [0.15, 0.2) is 0 Å². The molecule has 16 heavy (non-hydrogen) atoms. The monoisotopic (exact) mass is 221 g/mol. The van der Waals surface area contributed by atoms with Gasteiger partial charge in [-0.1, -0.05) is 32.1 Å². The van der Waals surface area contributed by atoms with Gasteiger partial charge in [-0.3, -0.25) is 4.90 Å². The van der Waals surface area contributed by atoms with Crippen molar-refractivity contribution in [3.63, 3.8) is 0 Å². The summed E-state index contributed by atoms with van der Waals surface area (Å²) in [5.41, 5.74) is 1.99. The number of ether oxygens (including phenoxy) is 1. The quantitative estimate of drug-likeness (QED) is 0.683. The van der Waals surface area contributed by atoms with Gasteiger partial charge in [-0.2, -0.15) is 0 Å². The Kier molecular flexibility index (Phi) is 3.50. The van der Waals surface area contributed by atoms with Gasteiger partial charge in [0.1, 0.15) is 0 Å². The molecule has 0 bridgehead atoms. The maximum atomic E-state index is 5.13. The number of hydrogen-bond donors (Lipinski definition) is 0. The molecule has 2 aliphatic rings. The van der Waals surface area contributed by atoms with Gasteiger partial charge in [-0.15, -0.1) is 0 Å². The Hall–Kier alpha value is -0.600. The second kappa shape index (κ2) is 4.72. The minimum Gasteiger partial charge on any atom is -0.383 e. The maximum absolute atomic E-state index is 5.13. The molecule has 0 aromatic heterocycles. The highest BCUT2D eigenvalue weighted by Gasteiger charge is 2.47. The van der Waals surface area contributed by atoms with Crippen molar-refractivity contribution in [2.75, 3.05) is 33.4 Å². The highest BCUT2D eigenvalue weighted by atomic mass is 16.5. The average Bonchev–Trinajstić information content (AvgIpc) is 2.95. The summed E-state index contributed by atoms with van der Waals surface area (Å²) in [6.45, 7) is 8.58. The zero-order chi connectivity index (χ0) is 11.6. The predicted molar refractivity (Wildman–Crippen MR) is 67.4 cm³/mol. The number of likely N-dealkylation sites (N-methyl/N-ethyl adjacent to an activating group) is 1. The molecular weight excluding hydrogens is 198 g/mol. The third-order valence-electron chi connectivity index (χ3n) is 3.91. The largest absolute Gasteiger partial charge is 0.383 e. The zero-order valence-corrected chi connectivity index (χ0v) is 10.7.